The molecule has 0 radical (unpaired) electrons. The molecule has 0 bridgehead atoms. The van der Waals surface area contributed by atoms with E-state index in [1.807, 2.05) is 0 Å². The molecule has 0 heterocycles. The van der Waals surface area contributed by atoms with E-state index in [4.69, 9.17) is 5.11 Å². The van der Waals surface area contributed by atoms with Crippen molar-refractivity contribution >= 4 is 17.6 Å². The first-order chi connectivity index (χ1) is 11.4. The number of halogens is 15. The van der Waals surface area contributed by atoms with Gasteiger partial charge in [0.2, 0.25) is 0 Å². The minimum atomic E-state index is -7.64. The van der Waals surface area contributed by atoms with Crippen LogP contribution in [0.1, 0.15) is 0 Å². The molecule has 4 nitrogen and oxygen atoms in total. The maximum atomic E-state index is 13.5. The van der Waals surface area contributed by atoms with Crippen LogP contribution in [0.2, 0.25) is 0 Å². The van der Waals surface area contributed by atoms with Crippen molar-refractivity contribution in [1.29, 1.82) is 0 Å². The highest BCUT2D eigenvalue weighted by Crippen LogP contribution is 2.56. The molecule has 0 saturated carbocycles. The Morgan fingerprint density at radius 1 is 0.667 bits per heavy atom. The van der Waals surface area contributed by atoms with Crippen LogP contribution >= 0.6 is 11.6 Å². The monoisotopic (exact) mass is 462 g/mol. The third-order valence-corrected chi connectivity index (χ3v) is 2.67. The quantitative estimate of drug-likeness (QED) is 0.445. The Balaban J connectivity index is 6.33. The Hall–Kier alpha value is -1.30. The summed E-state index contributed by atoms with van der Waals surface area (Å²) in [6.45, 7) is 0. The van der Waals surface area contributed by atoms with Crippen LogP contribution in [0.4, 0.5) is 61.5 Å². The molecule has 0 aromatic carbocycles. The summed E-state index contributed by atoms with van der Waals surface area (Å²) in [6, 6.07) is 0. The van der Waals surface area contributed by atoms with Gasteiger partial charge in [0, 0.05) is 0 Å². The van der Waals surface area contributed by atoms with E-state index in [9.17, 15) is 66.3 Å². The number of ether oxygens (including phenoxy) is 2. The standard InChI is InChI=1S/C8HClF14O4/c9-3(12,5(14,15)16)7(20,21)27-4(13,6(17,18)19)8(22,23)26-2(10,11)1(24)25/h(H,24,25). The largest absolute Gasteiger partial charge is 0.475 e. The number of hydrogen-bond acceptors (Lipinski definition) is 3. The molecule has 0 aromatic heterocycles. The summed E-state index contributed by atoms with van der Waals surface area (Å²) in [7, 11) is 0. The molecule has 2 unspecified atom stereocenters. The normalized spacial score (nSPS) is 19.4. The second kappa shape index (κ2) is 6.64. The lowest BCUT2D eigenvalue weighted by Crippen LogP contribution is -2.66. The fourth-order valence-corrected chi connectivity index (χ4v) is 0.997. The Morgan fingerprint density at radius 3 is 1.30 bits per heavy atom. The summed E-state index contributed by atoms with van der Waals surface area (Å²) in [6.07, 6.45) is -35.9. The van der Waals surface area contributed by atoms with Gasteiger partial charge in [-0.15, -0.1) is 0 Å². The average Bonchev–Trinajstić information content (AvgIpc) is 2.33. The molecule has 0 aliphatic carbocycles. The molecule has 0 saturated heterocycles. The fourth-order valence-electron chi connectivity index (χ4n) is 0.958. The van der Waals surface area contributed by atoms with Gasteiger partial charge in [0.1, 0.15) is 0 Å². The van der Waals surface area contributed by atoms with Crippen LogP contribution in [0.15, 0.2) is 0 Å². The lowest BCUT2D eigenvalue weighted by molar-refractivity contribution is -0.533. The van der Waals surface area contributed by atoms with E-state index in [2.05, 4.69) is 11.6 Å². The van der Waals surface area contributed by atoms with E-state index < -0.39 is 47.6 Å². The zero-order chi connectivity index (χ0) is 22.5. The molecule has 0 fully saturated rings. The lowest BCUT2D eigenvalue weighted by atomic mass is 10.2. The summed E-state index contributed by atoms with van der Waals surface area (Å²) < 4.78 is 180. The van der Waals surface area contributed by atoms with Gasteiger partial charge in [-0.05, 0) is 0 Å². The van der Waals surface area contributed by atoms with Gasteiger partial charge in [-0.3, -0.25) is 4.74 Å². The van der Waals surface area contributed by atoms with Gasteiger partial charge in [0.25, 0.3) is 0 Å². The molecule has 1 N–H and O–H groups in total. The number of carboxylic acids is 1. The van der Waals surface area contributed by atoms with Crippen LogP contribution in [0.5, 0.6) is 0 Å². The smallest absolute Gasteiger partial charge is 0.460 e. The highest BCUT2D eigenvalue weighted by Gasteiger charge is 2.83. The third kappa shape index (κ3) is 4.58. The molecule has 0 aliphatic heterocycles. The molecule has 0 aliphatic rings. The maximum absolute atomic E-state index is 13.5. The molecule has 0 amide bonds. The molecule has 0 rings (SSSR count). The zero-order valence-electron chi connectivity index (χ0n) is 11.3. The van der Waals surface area contributed by atoms with Crippen molar-refractivity contribution in [3.63, 3.8) is 0 Å². The number of carboxylic acid groups (broad SMARTS) is 1. The molecular formula is C8HClF14O4. The van der Waals surface area contributed by atoms with Crippen LogP contribution in [-0.4, -0.2) is 52.7 Å². The van der Waals surface area contributed by atoms with Crippen molar-refractivity contribution in [2.75, 3.05) is 0 Å². The Bertz CT molecular complexity index is 568. The first kappa shape index (κ1) is 25.7. The predicted molar refractivity (Wildman–Crippen MR) is 50.3 cm³/mol. The Kier molecular flexibility index (Phi) is 6.32. The average molecular weight is 463 g/mol. The van der Waals surface area contributed by atoms with Crippen molar-refractivity contribution in [2.45, 2.75) is 41.7 Å². The molecule has 0 aromatic rings. The third-order valence-electron chi connectivity index (χ3n) is 2.23. The Morgan fingerprint density at radius 2 is 1.04 bits per heavy atom. The lowest BCUT2D eigenvalue weighted by Gasteiger charge is -2.38. The SMILES string of the molecule is O=C(O)C(F)(F)OC(F)(F)C(F)(OC(F)(F)C(F)(Cl)C(F)(F)F)C(F)(F)F. The minimum absolute atomic E-state index is 1.52. The van der Waals surface area contributed by atoms with E-state index >= 15 is 0 Å². The number of rotatable bonds is 7. The highest BCUT2D eigenvalue weighted by atomic mass is 35.5. The number of aliphatic carboxylic acids is 1. The van der Waals surface area contributed by atoms with Gasteiger partial charge >= 0.3 is 47.6 Å². The molecule has 0 spiro atoms. The van der Waals surface area contributed by atoms with Gasteiger partial charge in [0.05, 0.1) is 0 Å². The highest BCUT2D eigenvalue weighted by molar-refractivity contribution is 6.24. The number of alkyl halides is 15. The van der Waals surface area contributed by atoms with Crippen molar-refractivity contribution < 1.29 is 80.8 Å². The van der Waals surface area contributed by atoms with Gasteiger partial charge in [-0.1, -0.05) is 11.6 Å². The van der Waals surface area contributed by atoms with Crippen LogP contribution in [0, 0.1) is 0 Å². The van der Waals surface area contributed by atoms with Crippen LogP contribution < -0.4 is 0 Å². The molecule has 2 atom stereocenters. The van der Waals surface area contributed by atoms with Crippen molar-refractivity contribution in [1.82, 2.24) is 0 Å². The van der Waals surface area contributed by atoms with Gasteiger partial charge in [-0.2, -0.15) is 57.1 Å². The molecule has 19 heteroatoms. The first-order valence-electron chi connectivity index (χ1n) is 5.33. The number of hydrogen-bond donors (Lipinski definition) is 1. The molecular weight excluding hydrogens is 462 g/mol. The van der Waals surface area contributed by atoms with E-state index in [1.165, 1.54) is 4.74 Å². The second-order valence-corrected chi connectivity index (χ2v) is 4.75. The van der Waals surface area contributed by atoms with Gasteiger partial charge in [-0.25, -0.2) is 13.9 Å². The topological polar surface area (TPSA) is 55.8 Å². The van der Waals surface area contributed by atoms with E-state index in [1.54, 1.807) is 4.74 Å². The first-order valence-corrected chi connectivity index (χ1v) is 5.71. The zero-order valence-corrected chi connectivity index (χ0v) is 12.1. The second-order valence-electron chi connectivity index (χ2n) is 4.22. The Labute approximate surface area is 141 Å². The summed E-state index contributed by atoms with van der Waals surface area (Å²) in [5, 5.41) is 0.941. The minimum Gasteiger partial charge on any atom is -0.475 e. The van der Waals surface area contributed by atoms with Crippen molar-refractivity contribution in [3.8, 4) is 0 Å². The van der Waals surface area contributed by atoms with E-state index in [0.717, 1.165) is 0 Å². The maximum Gasteiger partial charge on any atom is 0.460 e. The summed E-state index contributed by atoms with van der Waals surface area (Å²) in [5.41, 5.74) is 0. The fraction of sp³-hybridized carbons (Fsp3) is 0.875. The van der Waals surface area contributed by atoms with E-state index in [-0.39, 0.29) is 0 Å². The van der Waals surface area contributed by atoms with Crippen LogP contribution in [0.25, 0.3) is 0 Å². The molecule has 27 heavy (non-hydrogen) atoms. The van der Waals surface area contributed by atoms with Crippen molar-refractivity contribution in [3.05, 3.63) is 0 Å². The number of carbonyl (C=O) groups is 1. The van der Waals surface area contributed by atoms with Crippen LogP contribution in [0.3, 0.4) is 0 Å². The summed E-state index contributed by atoms with van der Waals surface area (Å²) in [4.78, 5) is 9.82. The molecule has 162 valence electrons. The van der Waals surface area contributed by atoms with Crippen molar-refractivity contribution in [2.24, 2.45) is 0 Å². The van der Waals surface area contributed by atoms with E-state index in [0.29, 0.717) is 0 Å². The van der Waals surface area contributed by atoms with Gasteiger partial charge in [0.15, 0.2) is 0 Å². The summed E-state index contributed by atoms with van der Waals surface area (Å²) in [5.74, 6) is -11.4. The van der Waals surface area contributed by atoms with Gasteiger partial charge < -0.3 is 5.11 Å². The summed E-state index contributed by atoms with van der Waals surface area (Å²) >= 11 is 3.57. The predicted octanol–water partition coefficient (Wildman–Crippen LogP) is 4.58. The van der Waals surface area contributed by atoms with Crippen LogP contribution in [-0.2, 0) is 14.3 Å².